The summed E-state index contributed by atoms with van der Waals surface area (Å²) in [6.07, 6.45) is 0.0261. The van der Waals surface area contributed by atoms with E-state index in [4.69, 9.17) is 4.52 Å². The van der Waals surface area contributed by atoms with E-state index in [1.54, 1.807) is 25.4 Å². The van der Waals surface area contributed by atoms with E-state index in [9.17, 15) is 4.57 Å². The molecule has 1 unspecified atom stereocenters. The van der Waals surface area contributed by atoms with Crippen LogP contribution >= 0.6 is 7.52 Å². The molecule has 1 atom stereocenters. The maximum atomic E-state index is 11.4. The van der Waals surface area contributed by atoms with Gasteiger partial charge in [0.25, 0.3) is 7.52 Å². The lowest BCUT2D eigenvalue weighted by Gasteiger charge is -2.22. The summed E-state index contributed by atoms with van der Waals surface area (Å²) >= 11 is 0. The van der Waals surface area contributed by atoms with Crippen LogP contribution in [0.5, 0.6) is 0 Å². The van der Waals surface area contributed by atoms with E-state index < -0.39 is 7.52 Å². The Morgan fingerprint density at radius 3 is 1.90 bits per heavy atom. The molecule has 0 amide bonds. The molecule has 0 aliphatic rings. The molecule has 0 bridgehead atoms. The quantitative estimate of drug-likeness (QED) is 0.597. The highest BCUT2D eigenvalue weighted by molar-refractivity contribution is 7.55. The topological polar surface area (TPSA) is 29.5 Å². The lowest BCUT2D eigenvalue weighted by molar-refractivity contribution is 0.224. The number of hydrogen-bond acceptors (Lipinski definition) is 2. The lowest BCUT2D eigenvalue weighted by atomic mass is 10.5. The summed E-state index contributed by atoms with van der Waals surface area (Å²) in [5.74, 6) is 0. The van der Waals surface area contributed by atoms with Gasteiger partial charge in [0.2, 0.25) is 0 Å². The Balaban J connectivity index is 4.01. The van der Waals surface area contributed by atoms with Gasteiger partial charge in [-0.05, 0) is 27.9 Å². The maximum Gasteiger partial charge on any atom is 0.269 e. The van der Waals surface area contributed by atoms with Crippen molar-refractivity contribution in [1.82, 2.24) is 4.67 Å². The first-order chi connectivity index (χ1) is 4.36. The van der Waals surface area contributed by atoms with Crippen LogP contribution in [-0.2, 0) is 9.09 Å². The minimum Gasteiger partial charge on any atom is -0.315 e. The number of nitrogens with zero attached hydrogens (tertiary/aromatic N) is 1. The molecule has 0 rings (SSSR count). The molecule has 0 spiro atoms. The highest BCUT2D eigenvalue weighted by atomic mass is 31.2. The summed E-state index contributed by atoms with van der Waals surface area (Å²) < 4.78 is 18.2. The fourth-order valence-electron chi connectivity index (χ4n) is 0.485. The Morgan fingerprint density at radius 2 is 1.80 bits per heavy atom. The van der Waals surface area contributed by atoms with E-state index in [0.29, 0.717) is 0 Å². The van der Waals surface area contributed by atoms with E-state index in [1.165, 1.54) is 0 Å². The molecule has 0 radical (unpaired) electrons. The van der Waals surface area contributed by atoms with Crippen molar-refractivity contribution >= 4 is 7.52 Å². The zero-order valence-corrected chi connectivity index (χ0v) is 8.18. The number of rotatable bonds is 3. The molecule has 10 heavy (non-hydrogen) atoms. The highest BCUT2D eigenvalue weighted by Gasteiger charge is 2.19. The van der Waals surface area contributed by atoms with Crippen LogP contribution in [0, 0.1) is 0 Å². The average molecular weight is 165 g/mol. The Kier molecular flexibility index (Phi) is 3.57. The molecule has 0 N–H and O–H groups in total. The van der Waals surface area contributed by atoms with Crippen molar-refractivity contribution in [3.8, 4) is 0 Å². The van der Waals surface area contributed by atoms with Crippen LogP contribution in [0.15, 0.2) is 0 Å². The molecule has 0 aromatic carbocycles. The van der Waals surface area contributed by atoms with Gasteiger partial charge in [0.05, 0.1) is 6.10 Å². The third-order valence-electron chi connectivity index (χ3n) is 1.13. The van der Waals surface area contributed by atoms with Crippen molar-refractivity contribution in [3.63, 3.8) is 0 Å². The third-order valence-corrected chi connectivity index (χ3v) is 3.40. The van der Waals surface area contributed by atoms with Gasteiger partial charge in [-0.3, -0.25) is 4.57 Å². The van der Waals surface area contributed by atoms with Gasteiger partial charge >= 0.3 is 0 Å². The molecular formula is C6H16NO2P. The first-order valence-corrected chi connectivity index (χ1v) is 5.32. The van der Waals surface area contributed by atoms with Crippen LogP contribution in [-0.4, -0.2) is 31.5 Å². The van der Waals surface area contributed by atoms with Gasteiger partial charge in [0.15, 0.2) is 0 Å². The SMILES string of the molecule is CC(C)OP(C)(=O)N(C)C. The molecule has 0 fully saturated rings. The molecule has 0 aliphatic heterocycles. The molecule has 0 heterocycles. The predicted molar refractivity (Wildman–Crippen MR) is 43.4 cm³/mol. The first kappa shape index (κ1) is 10.2. The van der Waals surface area contributed by atoms with E-state index >= 15 is 0 Å². The Bertz CT molecular complexity index is 145. The molecule has 0 saturated heterocycles. The van der Waals surface area contributed by atoms with Crippen LogP contribution in [0.3, 0.4) is 0 Å². The van der Waals surface area contributed by atoms with Crippen molar-refractivity contribution in [2.75, 3.05) is 20.8 Å². The molecule has 0 saturated carbocycles. The second kappa shape index (κ2) is 3.51. The minimum atomic E-state index is -2.49. The van der Waals surface area contributed by atoms with E-state index in [0.717, 1.165) is 0 Å². The fraction of sp³-hybridized carbons (Fsp3) is 1.00. The minimum absolute atomic E-state index is 0.0261. The van der Waals surface area contributed by atoms with Gasteiger partial charge in [-0.15, -0.1) is 0 Å². The molecule has 3 nitrogen and oxygen atoms in total. The van der Waals surface area contributed by atoms with Crippen LogP contribution in [0.4, 0.5) is 0 Å². The fourth-order valence-corrected chi connectivity index (χ4v) is 1.46. The Morgan fingerprint density at radius 1 is 1.40 bits per heavy atom. The zero-order chi connectivity index (χ0) is 8.36. The van der Waals surface area contributed by atoms with E-state index in [1.807, 2.05) is 13.8 Å². The highest BCUT2D eigenvalue weighted by Crippen LogP contribution is 2.45. The van der Waals surface area contributed by atoms with Gasteiger partial charge in [-0.25, -0.2) is 4.67 Å². The van der Waals surface area contributed by atoms with Gasteiger partial charge in [0.1, 0.15) is 0 Å². The van der Waals surface area contributed by atoms with Crippen molar-refractivity contribution in [3.05, 3.63) is 0 Å². The van der Waals surface area contributed by atoms with Crippen molar-refractivity contribution in [2.24, 2.45) is 0 Å². The summed E-state index contributed by atoms with van der Waals surface area (Å²) in [4.78, 5) is 0. The average Bonchev–Trinajstić information content (AvgIpc) is 1.60. The summed E-state index contributed by atoms with van der Waals surface area (Å²) in [6.45, 7) is 5.37. The van der Waals surface area contributed by atoms with Crippen LogP contribution in [0.1, 0.15) is 13.8 Å². The van der Waals surface area contributed by atoms with Crippen LogP contribution in [0.25, 0.3) is 0 Å². The third kappa shape index (κ3) is 3.35. The molecule has 0 aliphatic carbocycles. The van der Waals surface area contributed by atoms with E-state index in [-0.39, 0.29) is 6.10 Å². The molecule has 4 heteroatoms. The summed E-state index contributed by atoms with van der Waals surface area (Å²) in [5, 5.41) is 0. The molecular weight excluding hydrogens is 149 g/mol. The smallest absolute Gasteiger partial charge is 0.269 e. The maximum absolute atomic E-state index is 11.4. The van der Waals surface area contributed by atoms with Crippen molar-refractivity contribution < 1.29 is 9.09 Å². The largest absolute Gasteiger partial charge is 0.315 e. The summed E-state index contributed by atoms with van der Waals surface area (Å²) in [5.41, 5.74) is 0. The standard InChI is InChI=1S/C6H16NO2P/c1-6(2)9-10(5,8)7(3)4/h6H,1-5H3. The van der Waals surface area contributed by atoms with Gasteiger partial charge in [0, 0.05) is 6.66 Å². The number of hydrogen-bond donors (Lipinski definition) is 0. The van der Waals surface area contributed by atoms with Gasteiger partial charge in [-0.2, -0.15) is 0 Å². The lowest BCUT2D eigenvalue weighted by Crippen LogP contribution is -2.12. The summed E-state index contributed by atoms with van der Waals surface area (Å²) in [7, 11) is 1.02. The molecule has 62 valence electrons. The van der Waals surface area contributed by atoms with Crippen LogP contribution in [0.2, 0.25) is 0 Å². The van der Waals surface area contributed by atoms with Crippen molar-refractivity contribution in [1.29, 1.82) is 0 Å². The predicted octanol–water partition coefficient (Wildman–Crippen LogP) is 1.80. The Labute approximate surface area is 62.9 Å². The molecule has 0 aromatic heterocycles. The second-order valence-corrected chi connectivity index (χ2v) is 5.42. The Hall–Kier alpha value is 0.150. The van der Waals surface area contributed by atoms with Gasteiger partial charge < -0.3 is 4.52 Å². The second-order valence-electron chi connectivity index (χ2n) is 2.80. The summed E-state index contributed by atoms with van der Waals surface area (Å²) in [6, 6.07) is 0. The zero-order valence-electron chi connectivity index (χ0n) is 7.29. The molecule has 0 aromatic rings. The normalized spacial score (nSPS) is 17.9. The monoisotopic (exact) mass is 165 g/mol. The van der Waals surface area contributed by atoms with E-state index in [2.05, 4.69) is 0 Å². The van der Waals surface area contributed by atoms with Crippen LogP contribution < -0.4 is 0 Å². The van der Waals surface area contributed by atoms with Gasteiger partial charge in [-0.1, -0.05) is 0 Å². The van der Waals surface area contributed by atoms with Crippen molar-refractivity contribution in [2.45, 2.75) is 20.0 Å². The first-order valence-electron chi connectivity index (χ1n) is 3.30.